The van der Waals surface area contributed by atoms with Crippen LogP contribution in [0.5, 0.6) is 0 Å². The van der Waals surface area contributed by atoms with Gasteiger partial charge in [0.15, 0.2) is 15.7 Å². The molecule has 0 fully saturated rings. The third-order valence-electron chi connectivity index (χ3n) is 2.85. The van der Waals surface area contributed by atoms with Crippen LogP contribution in [0, 0.1) is 0 Å². The highest BCUT2D eigenvalue weighted by Gasteiger charge is 2.15. The molecule has 21 heavy (non-hydrogen) atoms. The Balaban J connectivity index is 2.62. The van der Waals surface area contributed by atoms with Gasteiger partial charge in [0.2, 0.25) is 0 Å². The van der Waals surface area contributed by atoms with Crippen molar-refractivity contribution in [3.8, 4) is 0 Å². The Bertz CT molecular complexity index is 574. The summed E-state index contributed by atoms with van der Waals surface area (Å²) in [7, 11) is -3.38. The predicted molar refractivity (Wildman–Crippen MR) is 86.9 cm³/mol. The van der Waals surface area contributed by atoms with Gasteiger partial charge in [0.05, 0.1) is 10.6 Å². The highest BCUT2D eigenvalue weighted by atomic mass is 32.2. The maximum atomic E-state index is 12.2. The predicted octanol–water partition coefficient (Wildman–Crippen LogP) is 0.897. The number of hydrogen-bond donors (Lipinski definition) is 3. The van der Waals surface area contributed by atoms with Crippen molar-refractivity contribution in [1.29, 1.82) is 0 Å². The average Bonchev–Trinajstić information content (AvgIpc) is 2.50. The molecule has 0 aromatic heterocycles. The van der Waals surface area contributed by atoms with Gasteiger partial charge in [-0.3, -0.25) is 0 Å². The lowest BCUT2D eigenvalue weighted by molar-refractivity contribution is 0.318. The lowest BCUT2D eigenvalue weighted by atomic mass is 10.2. The summed E-state index contributed by atoms with van der Waals surface area (Å²) >= 11 is 1.77. The molecule has 4 N–H and O–H groups in total. The first-order valence-electron chi connectivity index (χ1n) is 6.51. The van der Waals surface area contributed by atoms with Crippen molar-refractivity contribution >= 4 is 27.4 Å². The van der Waals surface area contributed by atoms with Crippen LogP contribution < -0.4 is 11.1 Å². The fourth-order valence-electron chi connectivity index (χ4n) is 1.70. The van der Waals surface area contributed by atoms with Crippen molar-refractivity contribution in [2.75, 3.05) is 30.9 Å². The van der Waals surface area contributed by atoms with E-state index in [1.54, 1.807) is 23.9 Å². The minimum Gasteiger partial charge on any atom is -0.409 e. The fraction of sp³-hybridized carbons (Fsp3) is 0.462. The first-order valence-corrected chi connectivity index (χ1v) is 9.56. The number of nitrogens with one attached hydrogen (secondary N) is 1. The van der Waals surface area contributed by atoms with E-state index in [0.717, 1.165) is 18.7 Å². The second-order valence-electron chi connectivity index (χ2n) is 4.43. The van der Waals surface area contributed by atoms with Crippen LogP contribution in [0.15, 0.2) is 34.3 Å². The minimum absolute atomic E-state index is 0.0197. The molecule has 1 aromatic rings. The zero-order chi connectivity index (χ0) is 15.7. The van der Waals surface area contributed by atoms with E-state index in [1.165, 1.54) is 12.1 Å². The van der Waals surface area contributed by atoms with Gasteiger partial charge < -0.3 is 16.3 Å². The molecule has 0 unspecified atom stereocenters. The summed E-state index contributed by atoms with van der Waals surface area (Å²) < 4.78 is 24.4. The zero-order valence-electron chi connectivity index (χ0n) is 11.9. The number of hydrogen-bond acceptors (Lipinski definition) is 6. The first kappa shape index (κ1) is 17.8. The molecule has 6 nitrogen and oxygen atoms in total. The van der Waals surface area contributed by atoms with Gasteiger partial charge in [-0.05, 0) is 37.1 Å². The van der Waals surface area contributed by atoms with Gasteiger partial charge in [-0.15, -0.1) is 0 Å². The molecule has 0 spiro atoms. The van der Waals surface area contributed by atoms with Crippen LogP contribution in [0.3, 0.4) is 0 Å². The molecule has 8 heteroatoms. The number of nitrogens with two attached hydrogens (primary N) is 1. The van der Waals surface area contributed by atoms with Crippen LogP contribution in [-0.2, 0) is 9.84 Å². The highest BCUT2D eigenvalue weighted by molar-refractivity contribution is 7.98. The molecule has 0 amide bonds. The molecule has 0 aliphatic carbocycles. The summed E-state index contributed by atoms with van der Waals surface area (Å²) in [6, 6.07) is 6.09. The van der Waals surface area contributed by atoms with Gasteiger partial charge in [-0.25, -0.2) is 8.42 Å². The van der Waals surface area contributed by atoms with Crippen molar-refractivity contribution in [2.45, 2.75) is 11.3 Å². The molecule has 118 valence electrons. The van der Waals surface area contributed by atoms with Gasteiger partial charge in [0, 0.05) is 12.1 Å². The summed E-state index contributed by atoms with van der Waals surface area (Å²) in [4.78, 5) is 0.178. The monoisotopic (exact) mass is 331 g/mol. The van der Waals surface area contributed by atoms with E-state index >= 15 is 0 Å². The lowest BCUT2D eigenvalue weighted by Gasteiger charge is -2.07. The second-order valence-corrected chi connectivity index (χ2v) is 7.52. The number of nitrogens with zero attached hydrogens (tertiary/aromatic N) is 1. The maximum Gasteiger partial charge on any atom is 0.179 e. The molecule has 0 radical (unpaired) electrons. The molecule has 0 bridgehead atoms. The number of rotatable bonds is 9. The molecule has 0 aliphatic heterocycles. The molecule has 0 atom stereocenters. The van der Waals surface area contributed by atoms with E-state index in [4.69, 9.17) is 10.9 Å². The SMILES string of the molecule is CSCCCNCCS(=O)(=O)c1cccc(/C(N)=N/O)c1. The first-order chi connectivity index (χ1) is 10.0. The molecule has 0 saturated carbocycles. The maximum absolute atomic E-state index is 12.2. The zero-order valence-corrected chi connectivity index (χ0v) is 13.6. The number of benzene rings is 1. The van der Waals surface area contributed by atoms with Crippen molar-refractivity contribution in [1.82, 2.24) is 5.32 Å². The van der Waals surface area contributed by atoms with Crippen LogP contribution in [-0.4, -0.2) is 50.3 Å². The van der Waals surface area contributed by atoms with Crippen LogP contribution in [0.4, 0.5) is 0 Å². The van der Waals surface area contributed by atoms with Crippen LogP contribution in [0.25, 0.3) is 0 Å². The van der Waals surface area contributed by atoms with E-state index in [1.807, 2.05) is 6.26 Å². The molecule has 0 saturated heterocycles. The van der Waals surface area contributed by atoms with E-state index in [0.29, 0.717) is 12.1 Å². The van der Waals surface area contributed by atoms with Gasteiger partial charge in [0.1, 0.15) is 0 Å². The molecular formula is C13H21N3O3S2. The smallest absolute Gasteiger partial charge is 0.179 e. The average molecular weight is 331 g/mol. The summed E-state index contributed by atoms with van der Waals surface area (Å²) in [5.41, 5.74) is 5.85. The van der Waals surface area contributed by atoms with Gasteiger partial charge in [0.25, 0.3) is 0 Å². The fourth-order valence-corrected chi connectivity index (χ4v) is 3.37. The van der Waals surface area contributed by atoms with Crippen molar-refractivity contribution in [2.24, 2.45) is 10.9 Å². The lowest BCUT2D eigenvalue weighted by Crippen LogP contribution is -2.24. The van der Waals surface area contributed by atoms with Crippen LogP contribution >= 0.6 is 11.8 Å². The topological polar surface area (TPSA) is 105 Å². The number of oxime groups is 1. The van der Waals surface area contributed by atoms with Crippen molar-refractivity contribution < 1.29 is 13.6 Å². The van der Waals surface area contributed by atoms with Crippen LogP contribution in [0.2, 0.25) is 0 Å². The Morgan fingerprint density at radius 1 is 1.43 bits per heavy atom. The van der Waals surface area contributed by atoms with E-state index < -0.39 is 9.84 Å². The summed E-state index contributed by atoms with van der Waals surface area (Å²) in [6.45, 7) is 1.21. The Morgan fingerprint density at radius 2 is 2.19 bits per heavy atom. The third-order valence-corrected chi connectivity index (χ3v) is 5.26. The van der Waals surface area contributed by atoms with Crippen molar-refractivity contribution in [3.63, 3.8) is 0 Å². The minimum atomic E-state index is -3.38. The quantitative estimate of drug-likeness (QED) is 0.204. The molecule has 0 heterocycles. The molecule has 1 aromatic carbocycles. The Morgan fingerprint density at radius 3 is 2.86 bits per heavy atom. The van der Waals surface area contributed by atoms with Crippen LogP contribution in [0.1, 0.15) is 12.0 Å². The largest absolute Gasteiger partial charge is 0.409 e. The van der Waals surface area contributed by atoms with E-state index in [9.17, 15) is 8.42 Å². The third kappa shape index (κ3) is 5.94. The van der Waals surface area contributed by atoms with Crippen molar-refractivity contribution in [3.05, 3.63) is 29.8 Å². The van der Waals surface area contributed by atoms with E-state index in [2.05, 4.69) is 10.5 Å². The Hall–Kier alpha value is -1.25. The molecule has 1 rings (SSSR count). The molecule has 0 aliphatic rings. The second kappa shape index (κ2) is 8.91. The highest BCUT2D eigenvalue weighted by Crippen LogP contribution is 2.13. The van der Waals surface area contributed by atoms with Gasteiger partial charge in [-0.1, -0.05) is 17.3 Å². The van der Waals surface area contributed by atoms with Gasteiger partial charge in [-0.2, -0.15) is 11.8 Å². The van der Waals surface area contributed by atoms with Gasteiger partial charge >= 0.3 is 0 Å². The normalized spacial score (nSPS) is 12.5. The number of thioether (sulfide) groups is 1. The summed E-state index contributed by atoms with van der Waals surface area (Å²) in [6.07, 6.45) is 3.05. The molecular weight excluding hydrogens is 310 g/mol. The Kier molecular flexibility index (Phi) is 7.55. The number of sulfone groups is 1. The summed E-state index contributed by atoms with van der Waals surface area (Å²) in [5, 5.41) is 14.6. The number of amidine groups is 1. The van der Waals surface area contributed by atoms with E-state index in [-0.39, 0.29) is 16.5 Å². The standard InChI is InChI=1S/C13H21N3O3S2/c1-20-8-3-6-15-7-9-21(18,19)12-5-2-4-11(10-12)13(14)16-17/h2,4-5,10,15,17H,3,6-9H2,1H3,(H2,14,16). The summed E-state index contributed by atoms with van der Waals surface area (Å²) in [5.74, 6) is 0.968. The Labute approximate surface area is 129 Å².